The molecule has 0 aromatic carbocycles. The first-order valence-electron chi connectivity index (χ1n) is 7.49. The van der Waals surface area contributed by atoms with Crippen molar-refractivity contribution >= 4 is 50.6 Å². The molecule has 1 aliphatic heterocycles. The number of ether oxygens (including phenoxy) is 1. The van der Waals surface area contributed by atoms with Gasteiger partial charge in [0.25, 0.3) is 0 Å². The van der Waals surface area contributed by atoms with Crippen LogP contribution in [0.1, 0.15) is 29.6 Å². The Morgan fingerprint density at radius 1 is 1.46 bits per heavy atom. The van der Waals surface area contributed by atoms with E-state index < -0.39 is 0 Å². The predicted molar refractivity (Wildman–Crippen MR) is 101 cm³/mol. The zero-order chi connectivity index (χ0) is 17.1. The number of halogens is 1. The SMILES string of the molecule is CCOC(=O)CN1C(=S)N[C@H](c2ccccn2)[C@@H]1c1ccc(Br)s1. The molecule has 2 aromatic heterocycles. The van der Waals surface area contributed by atoms with Crippen molar-refractivity contribution in [1.29, 1.82) is 0 Å². The van der Waals surface area contributed by atoms with Crippen molar-refractivity contribution in [2.24, 2.45) is 0 Å². The summed E-state index contributed by atoms with van der Waals surface area (Å²) in [6, 6.07) is 9.62. The summed E-state index contributed by atoms with van der Waals surface area (Å²) >= 11 is 10.6. The molecule has 3 heterocycles. The Morgan fingerprint density at radius 3 is 2.92 bits per heavy atom. The van der Waals surface area contributed by atoms with Crippen LogP contribution >= 0.6 is 39.5 Å². The van der Waals surface area contributed by atoms with E-state index in [4.69, 9.17) is 17.0 Å². The fourth-order valence-electron chi connectivity index (χ4n) is 2.72. The Balaban J connectivity index is 1.95. The van der Waals surface area contributed by atoms with Gasteiger partial charge in [-0.1, -0.05) is 6.07 Å². The van der Waals surface area contributed by atoms with E-state index in [1.165, 1.54) is 0 Å². The van der Waals surface area contributed by atoms with Gasteiger partial charge < -0.3 is 15.0 Å². The van der Waals surface area contributed by atoms with Gasteiger partial charge in [0.05, 0.1) is 28.2 Å². The monoisotopic (exact) mass is 425 g/mol. The molecule has 1 N–H and O–H groups in total. The van der Waals surface area contributed by atoms with Gasteiger partial charge in [-0.2, -0.15) is 0 Å². The maximum absolute atomic E-state index is 12.0. The molecule has 0 bridgehead atoms. The van der Waals surface area contributed by atoms with Gasteiger partial charge in [-0.25, -0.2) is 0 Å². The number of nitrogens with zero attached hydrogens (tertiary/aromatic N) is 2. The second-order valence-electron chi connectivity index (χ2n) is 5.20. The number of hydrogen-bond donors (Lipinski definition) is 1. The van der Waals surface area contributed by atoms with Gasteiger partial charge >= 0.3 is 5.97 Å². The molecule has 0 unspecified atom stereocenters. The van der Waals surface area contributed by atoms with Crippen LogP contribution in [-0.4, -0.2) is 34.1 Å². The minimum atomic E-state index is -0.288. The van der Waals surface area contributed by atoms with Crippen molar-refractivity contribution in [2.75, 3.05) is 13.2 Å². The number of rotatable bonds is 5. The highest BCUT2D eigenvalue weighted by molar-refractivity contribution is 9.11. The first-order valence-corrected chi connectivity index (χ1v) is 9.51. The Kier molecular flexibility index (Phi) is 5.47. The lowest BCUT2D eigenvalue weighted by atomic mass is 10.0. The van der Waals surface area contributed by atoms with E-state index >= 15 is 0 Å². The Hall–Kier alpha value is -1.51. The largest absolute Gasteiger partial charge is 0.465 e. The molecule has 5 nitrogen and oxygen atoms in total. The highest BCUT2D eigenvalue weighted by Crippen LogP contribution is 2.42. The van der Waals surface area contributed by atoms with Crippen molar-refractivity contribution < 1.29 is 9.53 Å². The van der Waals surface area contributed by atoms with Gasteiger partial charge in [-0.15, -0.1) is 11.3 Å². The van der Waals surface area contributed by atoms with E-state index in [1.54, 1.807) is 24.5 Å². The third-order valence-electron chi connectivity index (χ3n) is 3.69. The number of carbonyl (C=O) groups excluding carboxylic acids is 1. The molecule has 1 aliphatic rings. The van der Waals surface area contributed by atoms with Gasteiger partial charge in [-0.05, 0) is 59.3 Å². The van der Waals surface area contributed by atoms with Crippen molar-refractivity contribution in [3.63, 3.8) is 0 Å². The molecule has 0 aliphatic carbocycles. The number of nitrogens with one attached hydrogen (secondary N) is 1. The summed E-state index contributed by atoms with van der Waals surface area (Å²) in [7, 11) is 0. The summed E-state index contributed by atoms with van der Waals surface area (Å²) in [5.74, 6) is -0.288. The molecule has 0 radical (unpaired) electrons. The molecule has 0 amide bonds. The maximum atomic E-state index is 12.0. The fraction of sp³-hybridized carbons (Fsp3) is 0.312. The Bertz CT molecular complexity index is 738. The molecular weight excluding hydrogens is 410 g/mol. The number of pyridine rings is 1. The molecule has 1 saturated heterocycles. The average molecular weight is 426 g/mol. The molecule has 0 spiro atoms. The minimum absolute atomic E-state index is 0.104. The zero-order valence-corrected chi connectivity index (χ0v) is 16.2. The lowest BCUT2D eigenvalue weighted by Gasteiger charge is -2.25. The Morgan fingerprint density at radius 2 is 2.29 bits per heavy atom. The molecule has 8 heteroatoms. The smallest absolute Gasteiger partial charge is 0.325 e. The van der Waals surface area contributed by atoms with Crippen molar-refractivity contribution in [2.45, 2.75) is 19.0 Å². The van der Waals surface area contributed by atoms with E-state index in [-0.39, 0.29) is 24.6 Å². The third kappa shape index (κ3) is 3.60. The van der Waals surface area contributed by atoms with E-state index in [0.29, 0.717) is 11.7 Å². The van der Waals surface area contributed by atoms with Crippen LogP contribution in [0.25, 0.3) is 0 Å². The van der Waals surface area contributed by atoms with Gasteiger partial charge in [0.2, 0.25) is 0 Å². The average Bonchev–Trinajstić information content (AvgIpc) is 3.13. The van der Waals surface area contributed by atoms with Gasteiger partial charge in [0.1, 0.15) is 6.54 Å². The number of hydrogen-bond acceptors (Lipinski definition) is 5. The number of esters is 1. The summed E-state index contributed by atoms with van der Waals surface area (Å²) in [5.41, 5.74) is 0.890. The Labute approximate surface area is 158 Å². The summed E-state index contributed by atoms with van der Waals surface area (Å²) in [4.78, 5) is 19.4. The first-order chi connectivity index (χ1) is 11.6. The zero-order valence-electron chi connectivity index (χ0n) is 12.9. The predicted octanol–water partition coefficient (Wildman–Crippen LogP) is 3.44. The summed E-state index contributed by atoms with van der Waals surface area (Å²) in [6.07, 6.45) is 1.76. The molecule has 3 rings (SSSR count). The molecular formula is C16H16BrN3O2S2. The normalized spacial score (nSPS) is 20.1. The molecule has 1 fully saturated rings. The summed E-state index contributed by atoms with van der Waals surface area (Å²) < 4.78 is 6.13. The highest BCUT2D eigenvalue weighted by atomic mass is 79.9. The number of carbonyl (C=O) groups is 1. The van der Waals surface area contributed by atoms with Gasteiger partial charge in [0.15, 0.2) is 5.11 Å². The van der Waals surface area contributed by atoms with E-state index in [9.17, 15) is 4.79 Å². The summed E-state index contributed by atoms with van der Waals surface area (Å²) in [5, 5.41) is 3.84. The van der Waals surface area contributed by atoms with Crippen LogP contribution in [-0.2, 0) is 9.53 Å². The first kappa shape index (κ1) is 17.3. The van der Waals surface area contributed by atoms with E-state index in [1.807, 2.05) is 35.2 Å². The van der Waals surface area contributed by atoms with Crippen LogP contribution in [0.3, 0.4) is 0 Å². The molecule has 2 aromatic rings. The molecule has 2 atom stereocenters. The lowest BCUT2D eigenvalue weighted by Crippen LogP contribution is -2.35. The molecule has 0 saturated carbocycles. The molecule has 126 valence electrons. The van der Waals surface area contributed by atoms with Crippen LogP contribution in [0.15, 0.2) is 40.3 Å². The fourth-order valence-corrected chi connectivity index (χ4v) is 4.60. The van der Waals surface area contributed by atoms with Crippen LogP contribution in [0.4, 0.5) is 0 Å². The van der Waals surface area contributed by atoms with Crippen LogP contribution in [0.2, 0.25) is 0 Å². The van der Waals surface area contributed by atoms with Crippen LogP contribution in [0.5, 0.6) is 0 Å². The van der Waals surface area contributed by atoms with E-state index in [2.05, 4.69) is 26.2 Å². The van der Waals surface area contributed by atoms with Gasteiger partial charge in [-0.3, -0.25) is 9.78 Å². The van der Waals surface area contributed by atoms with Crippen molar-refractivity contribution in [3.8, 4) is 0 Å². The minimum Gasteiger partial charge on any atom is -0.465 e. The second-order valence-corrected chi connectivity index (χ2v) is 8.08. The van der Waals surface area contributed by atoms with Crippen LogP contribution in [0, 0.1) is 0 Å². The third-order valence-corrected chi connectivity index (χ3v) is 5.73. The van der Waals surface area contributed by atoms with Crippen LogP contribution < -0.4 is 5.32 Å². The van der Waals surface area contributed by atoms with Crippen molar-refractivity contribution in [3.05, 3.63) is 50.9 Å². The quantitative estimate of drug-likeness (QED) is 0.584. The standard InChI is InChI=1S/C16H16BrN3O2S2/c1-2-22-13(21)9-20-15(11-6-7-12(17)24-11)14(19-16(20)23)10-5-3-4-8-18-10/h3-8,14-15H,2,9H2,1H3,(H,19,23)/t14-,15+/m1/s1. The highest BCUT2D eigenvalue weighted by Gasteiger charge is 2.41. The number of thiocarbonyl (C=S) groups is 1. The topological polar surface area (TPSA) is 54.5 Å². The van der Waals surface area contributed by atoms with E-state index in [0.717, 1.165) is 14.4 Å². The number of thiophene rings is 1. The van der Waals surface area contributed by atoms with Gasteiger partial charge in [0, 0.05) is 11.1 Å². The lowest BCUT2D eigenvalue weighted by molar-refractivity contribution is -0.143. The number of aromatic nitrogens is 1. The van der Waals surface area contributed by atoms with Crippen molar-refractivity contribution in [1.82, 2.24) is 15.2 Å². The molecule has 24 heavy (non-hydrogen) atoms. The maximum Gasteiger partial charge on any atom is 0.325 e. The second kappa shape index (κ2) is 7.58. The summed E-state index contributed by atoms with van der Waals surface area (Å²) in [6.45, 7) is 2.26.